The fourth-order valence-electron chi connectivity index (χ4n) is 1.56. The molecule has 1 aromatic rings. The summed E-state index contributed by atoms with van der Waals surface area (Å²) in [6.45, 7) is 8.27. The van der Waals surface area contributed by atoms with Crippen LogP contribution in [0.1, 0.15) is 33.0 Å². The van der Waals surface area contributed by atoms with Crippen molar-refractivity contribution < 1.29 is 4.42 Å². The van der Waals surface area contributed by atoms with E-state index in [1.807, 2.05) is 12.1 Å². The van der Waals surface area contributed by atoms with Crippen LogP contribution in [0.25, 0.3) is 0 Å². The fourth-order valence-corrected chi connectivity index (χ4v) is 1.56. The molecule has 0 aliphatic carbocycles. The van der Waals surface area contributed by atoms with Gasteiger partial charge in [-0.1, -0.05) is 13.8 Å². The molecule has 0 aliphatic heterocycles. The third kappa shape index (κ3) is 3.99. The summed E-state index contributed by atoms with van der Waals surface area (Å²) >= 11 is 0. The highest BCUT2D eigenvalue weighted by Gasteiger charge is 2.20. The molecule has 3 nitrogen and oxygen atoms in total. The lowest BCUT2D eigenvalue weighted by Crippen LogP contribution is -2.41. The molecule has 0 saturated heterocycles. The van der Waals surface area contributed by atoms with Crippen LogP contribution in [0.15, 0.2) is 22.8 Å². The zero-order chi connectivity index (χ0) is 12.0. The third-order valence-electron chi connectivity index (χ3n) is 3.31. The lowest BCUT2D eigenvalue weighted by atomic mass is 9.87. The summed E-state index contributed by atoms with van der Waals surface area (Å²) in [5.74, 6) is 1.03. The van der Waals surface area contributed by atoms with E-state index in [-0.39, 0.29) is 5.41 Å². The van der Waals surface area contributed by atoms with Gasteiger partial charge in [0.2, 0.25) is 0 Å². The first-order chi connectivity index (χ1) is 7.59. The lowest BCUT2D eigenvalue weighted by Gasteiger charge is -2.28. The minimum atomic E-state index is 0.206. The number of hydrogen-bond donors (Lipinski definition) is 2. The fraction of sp³-hybridized carbons (Fsp3) is 0.692. The van der Waals surface area contributed by atoms with Crippen molar-refractivity contribution in [2.75, 3.05) is 13.1 Å². The molecule has 0 aliphatic rings. The van der Waals surface area contributed by atoms with Crippen LogP contribution in [0.2, 0.25) is 0 Å². The van der Waals surface area contributed by atoms with Gasteiger partial charge in [0.15, 0.2) is 0 Å². The van der Waals surface area contributed by atoms with Gasteiger partial charge >= 0.3 is 0 Å². The number of rotatable bonds is 7. The van der Waals surface area contributed by atoms with E-state index in [1.54, 1.807) is 6.26 Å². The summed E-state index contributed by atoms with van der Waals surface area (Å²) in [5.41, 5.74) is 5.99. The summed E-state index contributed by atoms with van der Waals surface area (Å²) in [7, 11) is 0. The molecule has 1 heterocycles. The van der Waals surface area contributed by atoms with Crippen LogP contribution < -0.4 is 11.1 Å². The molecule has 0 bridgehead atoms. The predicted molar refractivity (Wildman–Crippen MR) is 67.3 cm³/mol. The maximum Gasteiger partial charge on any atom is 0.105 e. The quantitative estimate of drug-likeness (QED) is 0.746. The van der Waals surface area contributed by atoms with Gasteiger partial charge in [-0.25, -0.2) is 0 Å². The molecule has 0 spiro atoms. The van der Waals surface area contributed by atoms with Crippen LogP contribution in [0, 0.1) is 5.41 Å². The van der Waals surface area contributed by atoms with Gasteiger partial charge in [0.1, 0.15) is 5.76 Å². The van der Waals surface area contributed by atoms with Gasteiger partial charge in [-0.2, -0.15) is 0 Å². The summed E-state index contributed by atoms with van der Waals surface area (Å²) in [6.07, 6.45) is 3.75. The molecular weight excluding hydrogens is 200 g/mol. The zero-order valence-corrected chi connectivity index (χ0v) is 10.6. The first-order valence-electron chi connectivity index (χ1n) is 6.05. The Morgan fingerprint density at radius 3 is 2.81 bits per heavy atom. The summed E-state index contributed by atoms with van der Waals surface area (Å²) in [4.78, 5) is 0. The second-order valence-corrected chi connectivity index (χ2v) is 4.93. The standard InChI is InChI=1S/C13H24N2O/c1-4-13(3,9-14)10-15-11(2)8-12-6-5-7-16-12/h5-7,11,15H,4,8-10,14H2,1-3H3. The number of hydrogen-bond acceptors (Lipinski definition) is 3. The average molecular weight is 224 g/mol. The van der Waals surface area contributed by atoms with Crippen molar-refractivity contribution >= 4 is 0 Å². The van der Waals surface area contributed by atoms with Gasteiger partial charge in [-0.3, -0.25) is 0 Å². The van der Waals surface area contributed by atoms with E-state index in [1.165, 1.54) is 0 Å². The molecule has 3 heteroatoms. The lowest BCUT2D eigenvalue weighted by molar-refractivity contribution is 0.287. The molecule has 0 fully saturated rings. The topological polar surface area (TPSA) is 51.2 Å². The second kappa shape index (κ2) is 6.06. The third-order valence-corrected chi connectivity index (χ3v) is 3.31. The molecule has 3 N–H and O–H groups in total. The SMILES string of the molecule is CCC(C)(CN)CNC(C)Cc1ccco1. The van der Waals surface area contributed by atoms with Crippen molar-refractivity contribution in [2.45, 2.75) is 39.7 Å². The molecule has 0 saturated carbocycles. The molecule has 1 aromatic heterocycles. The average Bonchev–Trinajstić information content (AvgIpc) is 2.79. The minimum absolute atomic E-state index is 0.206. The van der Waals surface area contributed by atoms with Crippen LogP contribution in [0.3, 0.4) is 0 Å². The smallest absolute Gasteiger partial charge is 0.105 e. The van der Waals surface area contributed by atoms with Crippen molar-refractivity contribution in [2.24, 2.45) is 11.1 Å². The Labute approximate surface area is 98.4 Å². The van der Waals surface area contributed by atoms with Gasteiger partial charge in [0, 0.05) is 19.0 Å². The molecule has 0 amide bonds. The van der Waals surface area contributed by atoms with Crippen LogP contribution in [-0.2, 0) is 6.42 Å². The summed E-state index contributed by atoms with van der Waals surface area (Å²) in [6, 6.07) is 4.36. The number of nitrogens with two attached hydrogens (primary N) is 1. The van der Waals surface area contributed by atoms with E-state index < -0.39 is 0 Å². The van der Waals surface area contributed by atoms with Crippen molar-refractivity contribution in [1.82, 2.24) is 5.32 Å². The molecule has 2 unspecified atom stereocenters. The van der Waals surface area contributed by atoms with Gasteiger partial charge in [-0.15, -0.1) is 0 Å². The van der Waals surface area contributed by atoms with Crippen LogP contribution in [0.4, 0.5) is 0 Å². The van der Waals surface area contributed by atoms with Crippen molar-refractivity contribution in [3.8, 4) is 0 Å². The Morgan fingerprint density at radius 1 is 1.56 bits per heavy atom. The van der Waals surface area contributed by atoms with Crippen molar-refractivity contribution in [3.63, 3.8) is 0 Å². The molecule has 92 valence electrons. The van der Waals surface area contributed by atoms with Gasteiger partial charge in [0.05, 0.1) is 6.26 Å². The Bertz CT molecular complexity index is 278. The van der Waals surface area contributed by atoms with E-state index in [9.17, 15) is 0 Å². The van der Waals surface area contributed by atoms with E-state index in [4.69, 9.17) is 10.2 Å². The molecule has 0 aromatic carbocycles. The second-order valence-electron chi connectivity index (χ2n) is 4.93. The Balaban J connectivity index is 2.32. The molecular formula is C13H24N2O. The number of nitrogens with one attached hydrogen (secondary N) is 1. The normalized spacial score (nSPS) is 17.0. The zero-order valence-electron chi connectivity index (χ0n) is 10.6. The van der Waals surface area contributed by atoms with Gasteiger partial charge < -0.3 is 15.5 Å². The van der Waals surface area contributed by atoms with Gasteiger partial charge in [0.25, 0.3) is 0 Å². The van der Waals surface area contributed by atoms with Gasteiger partial charge in [-0.05, 0) is 37.4 Å². The molecule has 0 radical (unpaired) electrons. The highest BCUT2D eigenvalue weighted by Crippen LogP contribution is 2.17. The molecule has 2 atom stereocenters. The minimum Gasteiger partial charge on any atom is -0.469 e. The van der Waals surface area contributed by atoms with Crippen LogP contribution in [0.5, 0.6) is 0 Å². The largest absolute Gasteiger partial charge is 0.469 e. The first kappa shape index (κ1) is 13.3. The maximum atomic E-state index is 5.78. The molecule has 16 heavy (non-hydrogen) atoms. The van der Waals surface area contributed by atoms with Crippen LogP contribution in [-0.4, -0.2) is 19.1 Å². The first-order valence-corrected chi connectivity index (χ1v) is 6.05. The maximum absolute atomic E-state index is 5.78. The Hall–Kier alpha value is -0.800. The van der Waals surface area contributed by atoms with Crippen molar-refractivity contribution in [1.29, 1.82) is 0 Å². The number of furan rings is 1. The summed E-state index contributed by atoms with van der Waals surface area (Å²) in [5, 5.41) is 3.52. The van der Waals surface area contributed by atoms with E-state index in [0.29, 0.717) is 6.04 Å². The highest BCUT2D eigenvalue weighted by molar-refractivity contribution is 5.00. The van der Waals surface area contributed by atoms with Crippen molar-refractivity contribution in [3.05, 3.63) is 24.2 Å². The van der Waals surface area contributed by atoms with E-state index >= 15 is 0 Å². The van der Waals surface area contributed by atoms with Crippen LogP contribution >= 0.6 is 0 Å². The highest BCUT2D eigenvalue weighted by atomic mass is 16.3. The van der Waals surface area contributed by atoms with E-state index in [2.05, 4.69) is 26.1 Å². The Morgan fingerprint density at radius 2 is 2.31 bits per heavy atom. The monoisotopic (exact) mass is 224 g/mol. The Kier molecular flexibility index (Phi) is 5.03. The van der Waals surface area contributed by atoms with E-state index in [0.717, 1.165) is 31.7 Å². The summed E-state index contributed by atoms with van der Waals surface area (Å²) < 4.78 is 5.32. The predicted octanol–water partition coefficient (Wildman–Crippen LogP) is 2.18. The molecule has 1 rings (SSSR count).